The van der Waals surface area contributed by atoms with E-state index in [0.717, 1.165) is 0 Å². The minimum absolute atomic E-state index is 0. The van der Waals surface area contributed by atoms with Gasteiger partial charge in [-0.05, 0) is 23.6 Å². The number of hydrogen-bond donors (Lipinski definition) is 2. The predicted molar refractivity (Wildman–Crippen MR) is 89.2 cm³/mol. The fraction of sp³-hybridized carbons (Fsp3) is 0.333. The molecule has 0 aromatic heterocycles. The molecule has 1 aliphatic heterocycles. The molecule has 1 aliphatic rings. The Balaban J connectivity index is 0.00000242. The number of esters is 1. The van der Waals surface area contributed by atoms with E-state index in [1.54, 1.807) is 0 Å². The summed E-state index contributed by atoms with van der Waals surface area (Å²) in [5.74, 6) is -0.972. The highest BCUT2D eigenvalue weighted by molar-refractivity contribution is 5.95. The topological polar surface area (TPSA) is 67.4 Å². The van der Waals surface area contributed by atoms with E-state index in [2.05, 4.69) is 10.6 Å². The number of amides is 2. The van der Waals surface area contributed by atoms with Crippen LogP contribution < -0.4 is 10.6 Å². The third-order valence-corrected chi connectivity index (χ3v) is 3.29. The molecule has 0 saturated heterocycles. The van der Waals surface area contributed by atoms with Gasteiger partial charge >= 0.3 is 12.0 Å². The average Bonchev–Trinajstić information content (AvgIpc) is 2.46. The van der Waals surface area contributed by atoms with Crippen LogP contribution in [0.4, 0.5) is 9.18 Å². The molecular formula is C15H19Cl2FN2O3. The smallest absolute Gasteiger partial charge is 0.337 e. The second-order valence-corrected chi connectivity index (χ2v) is 5.06. The van der Waals surface area contributed by atoms with Crippen molar-refractivity contribution in [2.45, 2.75) is 19.9 Å². The largest absolute Gasteiger partial charge is 0.466 e. The number of ether oxygens (including phenoxy) is 1. The molecule has 0 saturated carbocycles. The van der Waals surface area contributed by atoms with Crippen molar-refractivity contribution in [3.63, 3.8) is 0 Å². The van der Waals surface area contributed by atoms with Gasteiger partial charge in [0.15, 0.2) is 0 Å². The van der Waals surface area contributed by atoms with E-state index in [0.29, 0.717) is 16.8 Å². The summed E-state index contributed by atoms with van der Waals surface area (Å²) in [5, 5.41) is 5.32. The van der Waals surface area contributed by atoms with Gasteiger partial charge in [-0.2, -0.15) is 0 Å². The Kier molecular flexibility index (Phi) is 8.06. The van der Waals surface area contributed by atoms with Gasteiger partial charge < -0.3 is 15.4 Å². The molecule has 8 heteroatoms. The Hall–Kier alpha value is -1.79. The molecule has 0 radical (unpaired) electrons. The quantitative estimate of drug-likeness (QED) is 0.809. The van der Waals surface area contributed by atoms with E-state index in [1.807, 2.05) is 13.8 Å². The molecule has 0 aliphatic carbocycles. The molecule has 0 fully saturated rings. The molecule has 5 nitrogen and oxygen atoms in total. The molecule has 1 unspecified atom stereocenters. The molecule has 2 amide bonds. The van der Waals surface area contributed by atoms with E-state index in [1.165, 1.54) is 31.4 Å². The number of allylic oxidation sites excluding steroid dienone is 1. The monoisotopic (exact) mass is 364 g/mol. The van der Waals surface area contributed by atoms with E-state index < -0.39 is 18.0 Å². The summed E-state index contributed by atoms with van der Waals surface area (Å²) < 4.78 is 17.9. The summed E-state index contributed by atoms with van der Waals surface area (Å²) in [6.07, 6.45) is 0. The lowest BCUT2D eigenvalue weighted by molar-refractivity contribution is -0.136. The Morgan fingerprint density at radius 2 is 1.78 bits per heavy atom. The fourth-order valence-corrected chi connectivity index (χ4v) is 2.28. The number of methoxy groups -OCH3 is 1. The molecule has 0 spiro atoms. The Morgan fingerprint density at radius 1 is 1.22 bits per heavy atom. The van der Waals surface area contributed by atoms with Crippen molar-refractivity contribution in [1.29, 1.82) is 0 Å². The number of benzene rings is 1. The summed E-state index contributed by atoms with van der Waals surface area (Å²) in [5.41, 5.74) is 1.46. The summed E-state index contributed by atoms with van der Waals surface area (Å²) in [7, 11) is 1.28. The summed E-state index contributed by atoms with van der Waals surface area (Å²) in [6.45, 7) is 3.73. The van der Waals surface area contributed by atoms with Crippen molar-refractivity contribution in [3.05, 3.63) is 46.9 Å². The van der Waals surface area contributed by atoms with Gasteiger partial charge in [0.05, 0.1) is 18.7 Å². The zero-order valence-electron chi connectivity index (χ0n) is 12.9. The van der Waals surface area contributed by atoms with Crippen LogP contribution in [0.5, 0.6) is 0 Å². The van der Waals surface area contributed by atoms with Gasteiger partial charge in [0.25, 0.3) is 0 Å². The van der Waals surface area contributed by atoms with Crippen LogP contribution in [0, 0.1) is 11.7 Å². The van der Waals surface area contributed by atoms with Crippen LogP contribution in [-0.4, -0.2) is 19.1 Å². The van der Waals surface area contributed by atoms with E-state index in [-0.39, 0.29) is 36.5 Å². The lowest BCUT2D eigenvalue weighted by Crippen LogP contribution is -2.47. The van der Waals surface area contributed by atoms with Gasteiger partial charge in [-0.25, -0.2) is 14.0 Å². The zero-order chi connectivity index (χ0) is 15.6. The number of urea groups is 1. The van der Waals surface area contributed by atoms with Crippen LogP contribution in [-0.2, 0) is 9.53 Å². The van der Waals surface area contributed by atoms with Crippen LogP contribution in [0.2, 0.25) is 0 Å². The third-order valence-electron chi connectivity index (χ3n) is 3.29. The van der Waals surface area contributed by atoms with Crippen LogP contribution in [0.1, 0.15) is 25.5 Å². The Labute approximate surface area is 146 Å². The van der Waals surface area contributed by atoms with Crippen molar-refractivity contribution >= 4 is 36.8 Å². The van der Waals surface area contributed by atoms with Crippen molar-refractivity contribution < 1.29 is 18.7 Å². The number of halogens is 3. The molecule has 23 heavy (non-hydrogen) atoms. The van der Waals surface area contributed by atoms with Gasteiger partial charge in [0.2, 0.25) is 0 Å². The summed E-state index contributed by atoms with van der Waals surface area (Å²) >= 11 is 0. The first-order valence-electron chi connectivity index (χ1n) is 6.59. The van der Waals surface area contributed by atoms with Crippen molar-refractivity contribution in [1.82, 2.24) is 10.6 Å². The van der Waals surface area contributed by atoms with Crippen molar-refractivity contribution in [2.24, 2.45) is 5.92 Å². The molecule has 2 N–H and O–H groups in total. The molecular weight excluding hydrogens is 346 g/mol. The van der Waals surface area contributed by atoms with Crippen LogP contribution in [0.25, 0.3) is 0 Å². The maximum atomic E-state index is 13.1. The molecule has 128 valence electrons. The minimum atomic E-state index is -0.663. The second-order valence-electron chi connectivity index (χ2n) is 5.06. The van der Waals surface area contributed by atoms with Gasteiger partial charge in [-0.15, -0.1) is 24.8 Å². The minimum Gasteiger partial charge on any atom is -0.466 e. The maximum Gasteiger partial charge on any atom is 0.337 e. The second kappa shape index (κ2) is 8.74. The summed E-state index contributed by atoms with van der Waals surface area (Å²) in [4.78, 5) is 23.9. The van der Waals surface area contributed by atoms with Gasteiger partial charge in [0, 0.05) is 5.70 Å². The van der Waals surface area contributed by atoms with E-state index in [9.17, 15) is 14.0 Å². The third kappa shape index (κ3) is 4.59. The number of carbonyl (C=O) groups excluding carboxylic acids is 2. The number of hydrogen-bond acceptors (Lipinski definition) is 3. The van der Waals surface area contributed by atoms with Gasteiger partial charge in [-0.1, -0.05) is 26.0 Å². The standard InChI is InChI=1S/C15H17FN2O3.2ClH/c1-8(2)12-11(14(19)21-3)13(18-15(20)17-12)9-4-6-10(16)7-5-9;;/h4-8,13H,1-3H3,(H2,17,18,20);2*1H. The van der Waals surface area contributed by atoms with Gasteiger partial charge in [0.1, 0.15) is 5.82 Å². The highest BCUT2D eigenvalue weighted by Crippen LogP contribution is 2.30. The number of nitrogens with one attached hydrogen (secondary N) is 2. The lowest BCUT2D eigenvalue weighted by Gasteiger charge is -2.30. The lowest BCUT2D eigenvalue weighted by atomic mass is 9.91. The van der Waals surface area contributed by atoms with Gasteiger partial charge in [-0.3, -0.25) is 0 Å². The first-order chi connectivity index (χ1) is 9.93. The van der Waals surface area contributed by atoms with Crippen molar-refractivity contribution in [2.75, 3.05) is 7.11 Å². The Morgan fingerprint density at radius 3 is 2.26 bits per heavy atom. The normalized spacial score (nSPS) is 16.7. The average molecular weight is 365 g/mol. The molecule has 0 bridgehead atoms. The van der Waals surface area contributed by atoms with Crippen LogP contribution in [0.3, 0.4) is 0 Å². The first-order valence-corrected chi connectivity index (χ1v) is 6.59. The molecule has 1 aromatic rings. The molecule has 1 atom stereocenters. The number of rotatable bonds is 3. The van der Waals surface area contributed by atoms with Crippen LogP contribution >= 0.6 is 24.8 Å². The highest BCUT2D eigenvalue weighted by Gasteiger charge is 2.34. The van der Waals surface area contributed by atoms with E-state index >= 15 is 0 Å². The number of carbonyl (C=O) groups is 2. The molecule has 1 heterocycles. The SMILES string of the molecule is COC(=O)C1=C(C(C)C)NC(=O)NC1c1ccc(F)cc1.Cl.Cl. The summed E-state index contributed by atoms with van der Waals surface area (Å²) in [6, 6.07) is 4.57. The predicted octanol–water partition coefficient (Wildman–Crippen LogP) is 3.11. The first kappa shape index (κ1) is 21.2. The van der Waals surface area contributed by atoms with E-state index in [4.69, 9.17) is 4.74 Å². The maximum absolute atomic E-state index is 13.1. The Bertz CT molecular complexity index is 603. The molecule has 2 rings (SSSR count). The van der Waals surface area contributed by atoms with Crippen LogP contribution in [0.15, 0.2) is 35.5 Å². The molecule has 1 aromatic carbocycles. The fourth-order valence-electron chi connectivity index (χ4n) is 2.28. The van der Waals surface area contributed by atoms with Crippen molar-refractivity contribution in [3.8, 4) is 0 Å². The highest BCUT2D eigenvalue weighted by atomic mass is 35.5. The zero-order valence-corrected chi connectivity index (χ0v) is 14.5.